The third-order valence-electron chi connectivity index (χ3n) is 4.23. The van der Waals surface area contributed by atoms with Gasteiger partial charge in [-0.3, -0.25) is 15.1 Å². The molecule has 134 valence electrons. The number of carbonyl (C=O) groups excluding carboxylic acids is 1. The monoisotopic (exact) mass is 375 g/mol. The minimum Gasteiger partial charge on any atom is -0.325 e. The molecule has 0 spiro atoms. The van der Waals surface area contributed by atoms with Crippen molar-refractivity contribution < 1.29 is 9.20 Å². The molecule has 0 fully saturated rings. The van der Waals surface area contributed by atoms with Gasteiger partial charge in [-0.1, -0.05) is 24.3 Å². The van der Waals surface area contributed by atoms with Crippen molar-refractivity contribution in [2.45, 2.75) is 0 Å². The standard InChI is InChI=1S/C21H18N4OS/c26-19(14-27)22-17-11-9-15(10-12-17)20-21(23-16-6-2-1-3-7-16)25-13-5-4-8-18(25)24-20/h1-13,23H,14H2,(H2,22,26,27)/p+1. The summed E-state index contributed by atoms with van der Waals surface area (Å²) in [6.45, 7) is 0. The van der Waals surface area contributed by atoms with Crippen LogP contribution in [0.5, 0.6) is 0 Å². The van der Waals surface area contributed by atoms with Crippen LogP contribution in [0, 0.1) is 0 Å². The molecular formula is C21H19N4OS+. The quantitative estimate of drug-likeness (QED) is 0.314. The van der Waals surface area contributed by atoms with E-state index in [0.717, 1.165) is 34.1 Å². The molecule has 3 N–H and O–H groups in total. The van der Waals surface area contributed by atoms with Crippen molar-refractivity contribution in [3.05, 3.63) is 79.0 Å². The Morgan fingerprint density at radius 1 is 0.926 bits per heavy atom. The number of anilines is 3. The molecule has 0 saturated heterocycles. The third kappa shape index (κ3) is 3.66. The Kier molecular flexibility index (Phi) is 4.80. The van der Waals surface area contributed by atoms with E-state index in [1.807, 2.05) is 79.0 Å². The van der Waals surface area contributed by atoms with Crippen LogP contribution in [0.3, 0.4) is 0 Å². The summed E-state index contributed by atoms with van der Waals surface area (Å²) in [4.78, 5) is 15.0. The number of rotatable bonds is 5. The van der Waals surface area contributed by atoms with Crippen LogP contribution in [0.4, 0.5) is 17.2 Å². The van der Waals surface area contributed by atoms with E-state index in [9.17, 15) is 4.79 Å². The van der Waals surface area contributed by atoms with Crippen LogP contribution in [-0.2, 0) is 4.79 Å². The largest absolute Gasteiger partial charge is 0.325 e. The minimum atomic E-state index is -0.126. The van der Waals surface area contributed by atoms with Crippen molar-refractivity contribution in [2.24, 2.45) is 0 Å². The zero-order chi connectivity index (χ0) is 18.6. The summed E-state index contributed by atoms with van der Waals surface area (Å²) in [5, 5.41) is 6.31. The Morgan fingerprint density at radius 2 is 1.67 bits per heavy atom. The van der Waals surface area contributed by atoms with E-state index in [2.05, 4.69) is 32.6 Å². The van der Waals surface area contributed by atoms with Crippen molar-refractivity contribution in [3.8, 4) is 11.3 Å². The number of nitrogens with one attached hydrogen (secondary N) is 3. The molecule has 4 aromatic rings. The molecule has 0 unspecified atom stereocenters. The summed E-state index contributed by atoms with van der Waals surface area (Å²) in [5.74, 6) is 0.980. The Bertz CT molecular complexity index is 1070. The lowest BCUT2D eigenvalue weighted by Gasteiger charge is -2.05. The minimum absolute atomic E-state index is 0.126. The second kappa shape index (κ2) is 7.55. The molecule has 2 heterocycles. The average molecular weight is 375 g/mol. The maximum atomic E-state index is 11.5. The lowest BCUT2D eigenvalue weighted by atomic mass is 10.1. The molecule has 1 amide bonds. The molecule has 0 aliphatic heterocycles. The van der Waals surface area contributed by atoms with Gasteiger partial charge in [0.05, 0.1) is 17.6 Å². The lowest BCUT2D eigenvalue weighted by Crippen LogP contribution is -2.22. The molecule has 0 atom stereocenters. The highest BCUT2D eigenvalue weighted by molar-refractivity contribution is 7.81. The first-order valence-electron chi connectivity index (χ1n) is 8.60. The number of fused-ring (bicyclic) bond motifs is 1. The molecule has 4 rings (SSSR count). The number of thiol groups is 1. The van der Waals surface area contributed by atoms with Gasteiger partial charge in [-0.15, -0.1) is 0 Å². The van der Waals surface area contributed by atoms with Gasteiger partial charge in [-0.05, 0) is 42.5 Å². The smallest absolute Gasteiger partial charge is 0.271 e. The molecule has 27 heavy (non-hydrogen) atoms. The van der Waals surface area contributed by atoms with Crippen LogP contribution in [0.1, 0.15) is 0 Å². The molecule has 5 nitrogen and oxygen atoms in total. The van der Waals surface area contributed by atoms with Crippen LogP contribution in [0.25, 0.3) is 16.9 Å². The summed E-state index contributed by atoms with van der Waals surface area (Å²) >= 11 is 3.98. The van der Waals surface area contributed by atoms with Gasteiger partial charge in [-0.25, -0.2) is 4.40 Å². The normalized spacial score (nSPS) is 10.7. The van der Waals surface area contributed by atoms with Gasteiger partial charge in [0.2, 0.25) is 11.6 Å². The molecule has 0 radical (unpaired) electrons. The summed E-state index contributed by atoms with van der Waals surface area (Å²) in [7, 11) is 0. The molecule has 0 bridgehead atoms. The number of para-hydroxylation sites is 1. The highest BCUT2D eigenvalue weighted by atomic mass is 32.1. The number of benzene rings is 2. The van der Waals surface area contributed by atoms with Crippen LogP contribution >= 0.6 is 12.6 Å². The number of hydrogen-bond acceptors (Lipinski definition) is 3. The molecule has 6 heteroatoms. The molecule has 0 aliphatic carbocycles. The molecular weight excluding hydrogens is 356 g/mol. The summed E-state index contributed by atoms with van der Waals surface area (Å²) in [6.07, 6.45) is 2.02. The number of imidazole rings is 1. The van der Waals surface area contributed by atoms with E-state index in [1.54, 1.807) is 0 Å². The highest BCUT2D eigenvalue weighted by Crippen LogP contribution is 2.28. The van der Waals surface area contributed by atoms with Gasteiger partial charge < -0.3 is 5.32 Å². The maximum absolute atomic E-state index is 11.5. The second-order valence-corrected chi connectivity index (χ2v) is 6.40. The van der Waals surface area contributed by atoms with E-state index in [-0.39, 0.29) is 11.7 Å². The number of H-pyrrole nitrogens is 1. The molecule has 2 aromatic carbocycles. The van der Waals surface area contributed by atoms with Crippen LogP contribution in [0.15, 0.2) is 79.0 Å². The van der Waals surface area contributed by atoms with Gasteiger partial charge in [0, 0.05) is 17.3 Å². The van der Waals surface area contributed by atoms with Crippen LogP contribution in [0.2, 0.25) is 0 Å². The van der Waals surface area contributed by atoms with Gasteiger partial charge in [0.1, 0.15) is 0 Å². The average Bonchev–Trinajstić information content (AvgIpc) is 3.08. The van der Waals surface area contributed by atoms with Crippen LogP contribution in [-0.4, -0.2) is 16.6 Å². The van der Waals surface area contributed by atoms with E-state index in [1.165, 1.54) is 0 Å². The second-order valence-electron chi connectivity index (χ2n) is 6.08. The van der Waals surface area contributed by atoms with Crippen molar-refractivity contribution in [3.63, 3.8) is 0 Å². The third-order valence-corrected chi connectivity index (χ3v) is 4.52. The van der Waals surface area contributed by atoms with E-state index < -0.39 is 0 Å². The number of nitrogens with zero attached hydrogens (tertiary/aromatic N) is 1. The van der Waals surface area contributed by atoms with Crippen molar-refractivity contribution in [1.82, 2.24) is 4.98 Å². The lowest BCUT2D eigenvalue weighted by molar-refractivity contribution is -0.493. The van der Waals surface area contributed by atoms with Crippen molar-refractivity contribution >= 4 is 41.4 Å². The van der Waals surface area contributed by atoms with E-state index in [0.29, 0.717) is 0 Å². The molecule has 0 aliphatic rings. The number of aromatic amines is 1. The van der Waals surface area contributed by atoms with Crippen LogP contribution < -0.4 is 15.0 Å². The van der Waals surface area contributed by atoms with Crippen molar-refractivity contribution in [1.29, 1.82) is 0 Å². The van der Waals surface area contributed by atoms with Gasteiger partial charge in [0.15, 0.2) is 5.69 Å². The Hall–Kier alpha value is -3.25. The maximum Gasteiger partial charge on any atom is 0.271 e. The van der Waals surface area contributed by atoms with Gasteiger partial charge in [0.25, 0.3) is 5.82 Å². The summed E-state index contributed by atoms with van der Waals surface area (Å²) < 4.78 is 2.08. The Labute approximate surface area is 162 Å². The fourth-order valence-corrected chi connectivity index (χ4v) is 3.04. The predicted octanol–water partition coefficient (Wildman–Crippen LogP) is 4.03. The molecule has 0 saturated carbocycles. The van der Waals surface area contributed by atoms with Crippen molar-refractivity contribution in [2.75, 3.05) is 16.4 Å². The highest BCUT2D eigenvalue weighted by Gasteiger charge is 2.20. The predicted molar refractivity (Wildman–Crippen MR) is 112 cm³/mol. The van der Waals surface area contributed by atoms with E-state index in [4.69, 9.17) is 0 Å². The number of hydrogen-bond donors (Lipinski definition) is 4. The first-order chi connectivity index (χ1) is 13.2. The zero-order valence-corrected chi connectivity index (χ0v) is 15.4. The number of pyridine rings is 1. The van der Waals surface area contributed by atoms with Gasteiger partial charge in [-0.2, -0.15) is 12.6 Å². The topological polar surface area (TPSA) is 61.0 Å². The first-order valence-corrected chi connectivity index (χ1v) is 9.23. The SMILES string of the molecule is O=C(CS)Nc1ccc(-c2[nH]c3cccc[n+]3c2Nc2ccccc2)cc1. The number of carbonyl (C=O) groups is 1. The number of amides is 1. The first kappa shape index (κ1) is 17.2. The van der Waals surface area contributed by atoms with E-state index >= 15 is 0 Å². The number of aromatic nitrogens is 2. The Balaban J connectivity index is 1.74. The fraction of sp³-hybridized carbons (Fsp3) is 0.0476. The summed E-state index contributed by atoms with van der Waals surface area (Å²) in [5.41, 5.74) is 4.73. The molecule has 2 aromatic heterocycles. The van der Waals surface area contributed by atoms with Gasteiger partial charge >= 0.3 is 0 Å². The fourth-order valence-electron chi connectivity index (χ4n) is 2.96. The Morgan fingerprint density at radius 3 is 2.41 bits per heavy atom. The zero-order valence-electron chi connectivity index (χ0n) is 14.5. The summed E-state index contributed by atoms with van der Waals surface area (Å²) in [6, 6.07) is 23.8.